The molecule has 0 fully saturated rings. The van der Waals surface area contributed by atoms with Gasteiger partial charge in [-0.2, -0.15) is 0 Å². The van der Waals surface area contributed by atoms with Gasteiger partial charge in [0, 0.05) is 11.5 Å². The summed E-state index contributed by atoms with van der Waals surface area (Å²) in [6, 6.07) is 0. The second kappa shape index (κ2) is 30.9. The Bertz CT molecular complexity index is 583. The van der Waals surface area contributed by atoms with E-state index in [9.17, 15) is 25.9 Å². The van der Waals surface area contributed by atoms with Gasteiger partial charge in [0.25, 0.3) is 0 Å². The minimum absolute atomic E-state index is 0. The maximum absolute atomic E-state index is 10.4. The van der Waals surface area contributed by atoms with Crippen LogP contribution in [0.2, 0.25) is 0 Å². The normalized spacial score (nSPS) is 11.6. The van der Waals surface area contributed by atoms with Crippen molar-refractivity contribution in [3.8, 4) is 0 Å². The second-order valence-electron chi connectivity index (χ2n) is 10.3. The molecule has 0 amide bonds. The van der Waals surface area contributed by atoms with Crippen molar-refractivity contribution >= 4 is 20.2 Å². The maximum atomic E-state index is 10.4. The smallest absolute Gasteiger partial charge is 0.748 e. The fourth-order valence-electron chi connectivity index (χ4n) is 4.24. The number of rotatable bonds is 26. The van der Waals surface area contributed by atoms with Gasteiger partial charge in [0.2, 0.25) is 0 Å². The second-order valence-corrected chi connectivity index (χ2v) is 13.3. The zero-order valence-electron chi connectivity index (χ0n) is 24.0. The van der Waals surface area contributed by atoms with Gasteiger partial charge in [0.1, 0.15) is 0 Å². The van der Waals surface area contributed by atoms with Crippen LogP contribution < -0.4 is 0 Å². The summed E-state index contributed by atoms with van der Waals surface area (Å²) in [5.41, 5.74) is 0. The Hall–Kier alpha value is 0.339. The summed E-state index contributed by atoms with van der Waals surface area (Å²) in [6.07, 6.45) is 28.6. The molecule has 0 spiro atoms. The molecule has 0 atom stereocenters. The van der Waals surface area contributed by atoms with E-state index in [1.165, 1.54) is 116 Å². The van der Waals surface area contributed by atoms with Crippen LogP contribution in [0.1, 0.15) is 168 Å². The molecule has 0 bridgehead atoms. The van der Waals surface area contributed by atoms with E-state index in [0.29, 0.717) is 12.8 Å². The Morgan fingerprint density at radius 1 is 0.351 bits per heavy atom. The average Bonchev–Trinajstić information content (AvgIpc) is 2.79. The van der Waals surface area contributed by atoms with Crippen molar-refractivity contribution in [1.82, 2.24) is 0 Å². The molecule has 0 rings (SSSR count). The maximum Gasteiger partial charge on any atom is 2.00 e. The standard InChI is InChI=1S/2C14H30O3S.Cu/c2*1-2-3-4-5-6-7-8-9-10-11-12-13-14-18(15,16)17;/h2*2-14H2,1H3,(H,15,16,17);/q;;+2/p-2. The quantitative estimate of drug-likeness (QED) is 0.0546. The minimum Gasteiger partial charge on any atom is -0.748 e. The summed E-state index contributed by atoms with van der Waals surface area (Å²) in [6.45, 7) is 4.47. The molecule has 6 nitrogen and oxygen atoms in total. The summed E-state index contributed by atoms with van der Waals surface area (Å²) in [5.74, 6) is -0.380. The van der Waals surface area contributed by atoms with E-state index >= 15 is 0 Å². The molecule has 37 heavy (non-hydrogen) atoms. The first-order valence-corrected chi connectivity index (χ1v) is 18.1. The third kappa shape index (κ3) is 46.6. The van der Waals surface area contributed by atoms with E-state index in [4.69, 9.17) is 0 Å². The first-order valence-electron chi connectivity index (χ1n) is 15.0. The van der Waals surface area contributed by atoms with Crippen molar-refractivity contribution in [1.29, 1.82) is 0 Å². The summed E-state index contributed by atoms with van der Waals surface area (Å²) < 4.78 is 62.1. The Kier molecular flexibility index (Phi) is 34.9. The summed E-state index contributed by atoms with van der Waals surface area (Å²) in [5, 5.41) is 0. The van der Waals surface area contributed by atoms with Crippen LogP contribution in [0.5, 0.6) is 0 Å². The molecule has 1 radical (unpaired) electrons. The Balaban J connectivity index is -0.000000608. The van der Waals surface area contributed by atoms with Crippen molar-refractivity contribution in [3.63, 3.8) is 0 Å². The molecule has 0 unspecified atom stereocenters. The van der Waals surface area contributed by atoms with Gasteiger partial charge in [0.05, 0.1) is 20.2 Å². The SMILES string of the molecule is CCCCCCCCCCCCCCS(=O)(=O)[O-].CCCCCCCCCCCCCCS(=O)(=O)[O-].[Cu+2]. The fourth-order valence-corrected chi connectivity index (χ4v) is 5.36. The molecule has 0 saturated carbocycles. The topological polar surface area (TPSA) is 114 Å². The van der Waals surface area contributed by atoms with E-state index in [1.54, 1.807) is 0 Å². The molecule has 0 aromatic heterocycles. The number of hydrogen-bond acceptors (Lipinski definition) is 6. The minimum atomic E-state index is -3.99. The molecular weight excluding hydrogens is 560 g/mol. The van der Waals surface area contributed by atoms with Crippen LogP contribution in [0.25, 0.3) is 0 Å². The van der Waals surface area contributed by atoms with Crippen molar-refractivity contribution in [2.75, 3.05) is 11.5 Å². The zero-order valence-corrected chi connectivity index (χ0v) is 26.5. The molecular formula is C28H58CuO6S2. The predicted octanol–water partition coefficient (Wildman–Crippen LogP) is 8.46. The number of unbranched alkanes of at least 4 members (excludes halogenated alkanes) is 22. The van der Waals surface area contributed by atoms with Gasteiger partial charge in [0.15, 0.2) is 0 Å². The van der Waals surface area contributed by atoms with Crippen molar-refractivity contribution in [3.05, 3.63) is 0 Å². The molecule has 0 N–H and O–H groups in total. The van der Waals surface area contributed by atoms with Crippen molar-refractivity contribution in [2.24, 2.45) is 0 Å². The zero-order chi connectivity index (χ0) is 27.4. The van der Waals surface area contributed by atoms with Gasteiger partial charge in [-0.25, -0.2) is 16.8 Å². The van der Waals surface area contributed by atoms with Crippen molar-refractivity contribution < 1.29 is 43.0 Å². The first-order chi connectivity index (χ1) is 17.1. The third-order valence-corrected chi connectivity index (χ3v) is 8.07. The Morgan fingerprint density at radius 3 is 0.676 bits per heavy atom. The fraction of sp³-hybridized carbons (Fsp3) is 1.00. The molecule has 0 aromatic carbocycles. The van der Waals surface area contributed by atoms with Gasteiger partial charge in [-0.3, -0.25) is 0 Å². The molecule has 0 aliphatic heterocycles. The molecule has 0 aliphatic carbocycles. The third-order valence-electron chi connectivity index (χ3n) is 6.50. The monoisotopic (exact) mass is 617 g/mol. The summed E-state index contributed by atoms with van der Waals surface area (Å²) in [7, 11) is -7.97. The van der Waals surface area contributed by atoms with Gasteiger partial charge in [-0.15, -0.1) is 0 Å². The number of hydrogen-bond donors (Lipinski definition) is 0. The Labute approximate surface area is 241 Å². The van der Waals surface area contributed by atoms with E-state index in [2.05, 4.69) is 13.8 Å². The molecule has 9 heteroatoms. The average molecular weight is 618 g/mol. The van der Waals surface area contributed by atoms with Gasteiger partial charge < -0.3 is 9.11 Å². The summed E-state index contributed by atoms with van der Waals surface area (Å²) in [4.78, 5) is 0. The van der Waals surface area contributed by atoms with Gasteiger partial charge >= 0.3 is 17.1 Å². The first kappa shape index (κ1) is 41.8. The molecule has 0 saturated heterocycles. The van der Waals surface area contributed by atoms with Crippen LogP contribution in [0.4, 0.5) is 0 Å². The van der Waals surface area contributed by atoms with Crippen LogP contribution in [0.3, 0.4) is 0 Å². The summed E-state index contributed by atoms with van der Waals surface area (Å²) >= 11 is 0. The van der Waals surface area contributed by atoms with Crippen LogP contribution in [0, 0.1) is 0 Å². The van der Waals surface area contributed by atoms with Crippen LogP contribution in [0.15, 0.2) is 0 Å². The van der Waals surface area contributed by atoms with E-state index in [1.807, 2.05) is 0 Å². The van der Waals surface area contributed by atoms with Crippen LogP contribution >= 0.6 is 0 Å². The largest absolute Gasteiger partial charge is 2.00 e. The van der Waals surface area contributed by atoms with Crippen LogP contribution in [-0.2, 0) is 37.3 Å². The predicted molar refractivity (Wildman–Crippen MR) is 151 cm³/mol. The van der Waals surface area contributed by atoms with E-state index in [0.717, 1.165) is 25.7 Å². The van der Waals surface area contributed by atoms with E-state index in [-0.39, 0.29) is 28.6 Å². The molecule has 0 aliphatic rings. The van der Waals surface area contributed by atoms with Crippen LogP contribution in [-0.4, -0.2) is 37.4 Å². The molecule has 0 heterocycles. The molecule has 0 aromatic rings. The van der Waals surface area contributed by atoms with Gasteiger partial charge in [-0.05, 0) is 12.8 Å². The Morgan fingerprint density at radius 2 is 0.514 bits per heavy atom. The molecule has 229 valence electrons. The van der Waals surface area contributed by atoms with E-state index < -0.39 is 20.2 Å². The van der Waals surface area contributed by atoms with Gasteiger partial charge in [-0.1, -0.05) is 155 Å². The van der Waals surface area contributed by atoms with Crippen molar-refractivity contribution in [2.45, 2.75) is 168 Å².